The van der Waals surface area contributed by atoms with Gasteiger partial charge in [-0.05, 0) is 24.4 Å². The Kier molecular flexibility index (Phi) is 2.80. The van der Waals surface area contributed by atoms with Crippen LogP contribution in [-0.2, 0) is 16.7 Å². The van der Waals surface area contributed by atoms with Gasteiger partial charge in [0.1, 0.15) is 10.8 Å². The first-order chi connectivity index (χ1) is 6.74. The third kappa shape index (κ3) is 1.80. The van der Waals surface area contributed by atoms with Crippen molar-refractivity contribution in [3.63, 3.8) is 0 Å². The maximum atomic E-state index is 6.17. The molecule has 2 heterocycles. The Morgan fingerprint density at radius 2 is 2.50 bits per heavy atom. The third-order valence-electron chi connectivity index (χ3n) is 2.42. The maximum absolute atomic E-state index is 6.17. The maximum Gasteiger partial charge on any atom is 0.142 e. The Labute approximate surface area is 87.7 Å². The van der Waals surface area contributed by atoms with E-state index in [4.69, 9.17) is 10.5 Å². The molecule has 0 amide bonds. The van der Waals surface area contributed by atoms with Gasteiger partial charge in [-0.1, -0.05) is 6.92 Å². The van der Waals surface area contributed by atoms with Crippen LogP contribution in [0.3, 0.4) is 0 Å². The first kappa shape index (κ1) is 10.0. The van der Waals surface area contributed by atoms with Gasteiger partial charge in [-0.3, -0.25) is 0 Å². The first-order valence-electron chi connectivity index (χ1n) is 4.94. The molecule has 14 heavy (non-hydrogen) atoms. The summed E-state index contributed by atoms with van der Waals surface area (Å²) in [6.07, 6.45) is 2.87. The van der Waals surface area contributed by atoms with Crippen LogP contribution >= 0.6 is 11.5 Å². The van der Waals surface area contributed by atoms with Crippen molar-refractivity contribution in [2.24, 2.45) is 5.73 Å². The van der Waals surface area contributed by atoms with Crippen LogP contribution in [0.5, 0.6) is 0 Å². The highest BCUT2D eigenvalue weighted by Gasteiger charge is 2.35. The SMILES string of the molecule is CCCc1nsc(C2(N)CCOC2)n1. The lowest BCUT2D eigenvalue weighted by Crippen LogP contribution is -2.36. The number of aromatic nitrogens is 2. The van der Waals surface area contributed by atoms with E-state index in [0.29, 0.717) is 6.61 Å². The van der Waals surface area contributed by atoms with Crippen LogP contribution in [-0.4, -0.2) is 22.6 Å². The van der Waals surface area contributed by atoms with Gasteiger partial charge in [0, 0.05) is 13.0 Å². The average Bonchev–Trinajstić information content (AvgIpc) is 2.75. The van der Waals surface area contributed by atoms with E-state index in [1.807, 2.05) is 0 Å². The molecule has 78 valence electrons. The van der Waals surface area contributed by atoms with Crippen LogP contribution in [0.25, 0.3) is 0 Å². The lowest BCUT2D eigenvalue weighted by atomic mass is 10.0. The van der Waals surface area contributed by atoms with Crippen LogP contribution in [0, 0.1) is 0 Å². The summed E-state index contributed by atoms with van der Waals surface area (Å²) in [5.41, 5.74) is 5.80. The van der Waals surface area contributed by atoms with E-state index in [-0.39, 0.29) is 5.54 Å². The molecule has 1 fully saturated rings. The van der Waals surface area contributed by atoms with E-state index in [2.05, 4.69) is 16.3 Å². The first-order valence-corrected chi connectivity index (χ1v) is 5.71. The van der Waals surface area contributed by atoms with Crippen LogP contribution in [0.15, 0.2) is 0 Å². The molecule has 0 spiro atoms. The van der Waals surface area contributed by atoms with Gasteiger partial charge in [0.05, 0.1) is 12.1 Å². The summed E-state index contributed by atoms with van der Waals surface area (Å²) in [6.45, 7) is 3.44. The molecule has 0 bridgehead atoms. The number of nitrogens with two attached hydrogens (primary N) is 1. The van der Waals surface area contributed by atoms with Crippen molar-refractivity contribution in [3.05, 3.63) is 10.8 Å². The smallest absolute Gasteiger partial charge is 0.142 e. The Bertz CT molecular complexity index is 307. The molecule has 1 saturated heterocycles. The molecule has 0 aliphatic carbocycles. The van der Waals surface area contributed by atoms with Crippen LogP contribution in [0.4, 0.5) is 0 Å². The highest BCUT2D eigenvalue weighted by Crippen LogP contribution is 2.28. The highest BCUT2D eigenvalue weighted by atomic mass is 32.1. The number of rotatable bonds is 3. The summed E-state index contributed by atoms with van der Waals surface area (Å²) < 4.78 is 9.59. The molecule has 1 aliphatic heterocycles. The third-order valence-corrected chi connectivity index (χ3v) is 3.39. The Morgan fingerprint density at radius 3 is 3.14 bits per heavy atom. The number of hydrogen-bond donors (Lipinski definition) is 1. The Morgan fingerprint density at radius 1 is 1.64 bits per heavy atom. The monoisotopic (exact) mass is 213 g/mol. The standard InChI is InChI=1S/C9H15N3OS/c1-2-3-7-11-8(14-12-7)9(10)4-5-13-6-9/h2-6,10H2,1H3. The van der Waals surface area contributed by atoms with Crippen molar-refractivity contribution < 1.29 is 4.74 Å². The predicted octanol–water partition coefficient (Wildman–Crippen LogP) is 1.06. The van der Waals surface area contributed by atoms with Crippen LogP contribution in [0.2, 0.25) is 0 Å². The van der Waals surface area contributed by atoms with E-state index in [1.165, 1.54) is 11.5 Å². The molecule has 4 nitrogen and oxygen atoms in total. The van der Waals surface area contributed by atoms with Crippen molar-refractivity contribution in [1.29, 1.82) is 0 Å². The normalized spacial score (nSPS) is 27.0. The summed E-state index contributed by atoms with van der Waals surface area (Å²) in [7, 11) is 0. The van der Waals surface area contributed by atoms with Crippen LogP contribution < -0.4 is 5.73 Å². The summed E-state index contributed by atoms with van der Waals surface area (Å²) in [4.78, 5) is 4.46. The highest BCUT2D eigenvalue weighted by molar-refractivity contribution is 7.05. The second-order valence-corrected chi connectivity index (χ2v) is 4.48. The zero-order chi connectivity index (χ0) is 10.0. The number of ether oxygens (including phenoxy) is 1. The van der Waals surface area contributed by atoms with Gasteiger partial charge in [-0.2, -0.15) is 4.37 Å². The minimum absolute atomic E-state index is 0.371. The largest absolute Gasteiger partial charge is 0.379 e. The van der Waals surface area contributed by atoms with Crippen LogP contribution in [0.1, 0.15) is 30.6 Å². The van der Waals surface area contributed by atoms with Crippen molar-refractivity contribution in [1.82, 2.24) is 9.36 Å². The topological polar surface area (TPSA) is 61.0 Å². The second kappa shape index (κ2) is 3.92. The number of hydrogen-bond acceptors (Lipinski definition) is 5. The van der Waals surface area contributed by atoms with Gasteiger partial charge in [0.15, 0.2) is 0 Å². The lowest BCUT2D eigenvalue weighted by Gasteiger charge is -2.16. The molecule has 1 aromatic heterocycles. The van der Waals surface area contributed by atoms with E-state index in [1.54, 1.807) is 0 Å². The molecule has 1 unspecified atom stereocenters. The summed E-state index contributed by atoms with van der Waals surface area (Å²) in [6, 6.07) is 0. The molecule has 1 aliphatic rings. The predicted molar refractivity (Wildman–Crippen MR) is 55.2 cm³/mol. The molecule has 0 radical (unpaired) electrons. The molecule has 2 rings (SSSR count). The summed E-state index contributed by atoms with van der Waals surface area (Å²) >= 11 is 1.42. The summed E-state index contributed by atoms with van der Waals surface area (Å²) in [5, 5.41) is 0.929. The molecule has 1 aromatic rings. The second-order valence-electron chi connectivity index (χ2n) is 3.72. The van der Waals surface area contributed by atoms with Gasteiger partial charge in [0.25, 0.3) is 0 Å². The fraction of sp³-hybridized carbons (Fsp3) is 0.778. The van der Waals surface area contributed by atoms with E-state index in [0.717, 1.165) is 36.7 Å². The quantitative estimate of drug-likeness (QED) is 0.815. The minimum Gasteiger partial charge on any atom is -0.379 e. The lowest BCUT2D eigenvalue weighted by molar-refractivity contribution is 0.178. The zero-order valence-corrected chi connectivity index (χ0v) is 9.14. The van der Waals surface area contributed by atoms with Crippen molar-refractivity contribution in [2.75, 3.05) is 13.2 Å². The molecular formula is C9H15N3OS. The van der Waals surface area contributed by atoms with Crippen molar-refractivity contribution in [2.45, 2.75) is 31.7 Å². The van der Waals surface area contributed by atoms with Crippen molar-refractivity contribution >= 4 is 11.5 Å². The van der Waals surface area contributed by atoms with E-state index < -0.39 is 0 Å². The van der Waals surface area contributed by atoms with Gasteiger partial charge in [0.2, 0.25) is 0 Å². The Hall–Kier alpha value is -0.520. The van der Waals surface area contributed by atoms with E-state index >= 15 is 0 Å². The molecular weight excluding hydrogens is 198 g/mol. The van der Waals surface area contributed by atoms with Gasteiger partial charge < -0.3 is 10.5 Å². The van der Waals surface area contributed by atoms with Gasteiger partial charge in [-0.15, -0.1) is 0 Å². The summed E-state index contributed by atoms with van der Waals surface area (Å²) in [5.74, 6) is 0.921. The average molecular weight is 213 g/mol. The molecule has 2 N–H and O–H groups in total. The van der Waals surface area contributed by atoms with Crippen molar-refractivity contribution in [3.8, 4) is 0 Å². The molecule has 1 atom stereocenters. The minimum atomic E-state index is -0.371. The van der Waals surface area contributed by atoms with Gasteiger partial charge >= 0.3 is 0 Å². The number of aryl methyl sites for hydroxylation is 1. The van der Waals surface area contributed by atoms with E-state index in [9.17, 15) is 0 Å². The van der Waals surface area contributed by atoms with Gasteiger partial charge in [-0.25, -0.2) is 4.98 Å². The number of nitrogens with zero attached hydrogens (tertiary/aromatic N) is 2. The molecule has 0 saturated carbocycles. The fourth-order valence-corrected chi connectivity index (χ4v) is 2.34. The molecule has 0 aromatic carbocycles. The molecule has 5 heteroatoms. The zero-order valence-electron chi connectivity index (χ0n) is 8.32. The Balaban J connectivity index is 2.15. The fourth-order valence-electron chi connectivity index (χ4n) is 1.53.